The summed E-state index contributed by atoms with van der Waals surface area (Å²) in [7, 11) is 0. The van der Waals surface area contributed by atoms with Crippen molar-refractivity contribution in [3.8, 4) is 0 Å². The first kappa shape index (κ1) is 12.3. The normalized spacial score (nSPS) is 12.1. The van der Waals surface area contributed by atoms with Crippen LogP contribution in [-0.2, 0) is 4.79 Å². The van der Waals surface area contributed by atoms with Crippen LogP contribution in [0.2, 0.25) is 0 Å². The van der Waals surface area contributed by atoms with E-state index in [2.05, 4.69) is 10.3 Å². The molecular weight excluding hydrogens is 208 g/mol. The second-order valence-corrected chi connectivity index (χ2v) is 3.46. The van der Waals surface area contributed by atoms with E-state index in [0.717, 1.165) is 0 Å². The van der Waals surface area contributed by atoms with Crippen molar-refractivity contribution in [1.82, 2.24) is 10.3 Å². The van der Waals surface area contributed by atoms with Crippen LogP contribution in [0.5, 0.6) is 0 Å². The Morgan fingerprint density at radius 3 is 2.75 bits per heavy atom. The average Bonchev–Trinajstić information content (AvgIpc) is 2.76. The molecular formula is C10H16N4O2. The van der Waals surface area contributed by atoms with Crippen molar-refractivity contribution in [2.45, 2.75) is 18.9 Å². The van der Waals surface area contributed by atoms with E-state index in [1.807, 2.05) is 0 Å². The van der Waals surface area contributed by atoms with Gasteiger partial charge >= 0.3 is 0 Å². The van der Waals surface area contributed by atoms with Crippen molar-refractivity contribution in [3.63, 3.8) is 0 Å². The van der Waals surface area contributed by atoms with Gasteiger partial charge in [-0.3, -0.25) is 9.59 Å². The first-order valence-corrected chi connectivity index (χ1v) is 5.08. The summed E-state index contributed by atoms with van der Waals surface area (Å²) in [6, 6.07) is 0.960. The summed E-state index contributed by atoms with van der Waals surface area (Å²) >= 11 is 0. The van der Waals surface area contributed by atoms with Crippen LogP contribution in [0.4, 0.5) is 0 Å². The molecule has 0 spiro atoms. The Balaban J connectivity index is 2.54. The molecule has 16 heavy (non-hydrogen) atoms. The molecule has 0 radical (unpaired) electrons. The van der Waals surface area contributed by atoms with Gasteiger partial charge in [-0.2, -0.15) is 0 Å². The van der Waals surface area contributed by atoms with E-state index >= 15 is 0 Å². The van der Waals surface area contributed by atoms with Gasteiger partial charge in [0.25, 0.3) is 5.91 Å². The number of nitrogens with one attached hydrogen (secondary N) is 2. The maximum Gasteiger partial charge on any atom is 0.253 e. The van der Waals surface area contributed by atoms with Gasteiger partial charge in [0.1, 0.15) is 6.04 Å². The zero-order chi connectivity index (χ0) is 12.0. The maximum absolute atomic E-state index is 11.6. The first-order valence-electron chi connectivity index (χ1n) is 5.08. The quantitative estimate of drug-likeness (QED) is 0.514. The predicted molar refractivity (Wildman–Crippen MR) is 59.5 cm³/mol. The number of hydrogen-bond donors (Lipinski definition) is 4. The largest absolute Gasteiger partial charge is 0.368 e. The Kier molecular flexibility index (Phi) is 4.53. The highest BCUT2D eigenvalue weighted by atomic mass is 16.2. The third kappa shape index (κ3) is 3.39. The third-order valence-electron chi connectivity index (χ3n) is 2.21. The molecule has 6 nitrogen and oxygen atoms in total. The van der Waals surface area contributed by atoms with E-state index in [4.69, 9.17) is 11.5 Å². The van der Waals surface area contributed by atoms with Gasteiger partial charge in [0.2, 0.25) is 5.91 Å². The monoisotopic (exact) mass is 224 g/mol. The molecule has 1 aromatic heterocycles. The minimum absolute atomic E-state index is 0.318. The predicted octanol–water partition coefficient (Wildman–Crippen LogP) is -0.663. The molecule has 0 aromatic carbocycles. The van der Waals surface area contributed by atoms with E-state index in [-0.39, 0.29) is 5.91 Å². The summed E-state index contributed by atoms with van der Waals surface area (Å²) in [6.45, 7) is 0.462. The average molecular weight is 224 g/mol. The number of aromatic nitrogens is 1. The lowest BCUT2D eigenvalue weighted by Crippen LogP contribution is -2.44. The molecule has 1 atom stereocenters. The van der Waals surface area contributed by atoms with Crippen molar-refractivity contribution in [3.05, 3.63) is 24.0 Å². The number of nitrogens with two attached hydrogens (primary N) is 2. The fourth-order valence-electron chi connectivity index (χ4n) is 1.31. The fourth-order valence-corrected chi connectivity index (χ4v) is 1.31. The molecule has 0 aliphatic carbocycles. The van der Waals surface area contributed by atoms with Crippen LogP contribution in [0.3, 0.4) is 0 Å². The number of hydrogen-bond acceptors (Lipinski definition) is 3. The van der Waals surface area contributed by atoms with Crippen LogP contribution in [0.1, 0.15) is 23.2 Å². The smallest absolute Gasteiger partial charge is 0.253 e. The van der Waals surface area contributed by atoms with Crippen molar-refractivity contribution in [2.75, 3.05) is 6.54 Å². The Morgan fingerprint density at radius 1 is 1.50 bits per heavy atom. The molecule has 0 fully saturated rings. The molecule has 2 amide bonds. The van der Waals surface area contributed by atoms with Crippen LogP contribution in [-0.4, -0.2) is 29.4 Å². The number of primary amides is 1. The van der Waals surface area contributed by atoms with Crippen molar-refractivity contribution in [2.24, 2.45) is 11.5 Å². The van der Waals surface area contributed by atoms with Crippen LogP contribution in [0, 0.1) is 0 Å². The lowest BCUT2D eigenvalue weighted by atomic mass is 10.1. The minimum atomic E-state index is -0.661. The van der Waals surface area contributed by atoms with Gasteiger partial charge in [0.05, 0.1) is 5.56 Å². The van der Waals surface area contributed by atoms with Crippen LogP contribution in [0.15, 0.2) is 18.5 Å². The lowest BCUT2D eigenvalue weighted by Gasteiger charge is -2.14. The molecule has 0 saturated heterocycles. The van der Waals surface area contributed by atoms with Crippen molar-refractivity contribution in [1.29, 1.82) is 0 Å². The molecule has 0 bridgehead atoms. The number of carbonyl (C=O) groups excluding carboxylic acids is 2. The Hall–Kier alpha value is -1.82. The number of H-pyrrole nitrogens is 1. The molecule has 1 rings (SSSR count). The molecule has 1 aromatic rings. The lowest BCUT2D eigenvalue weighted by molar-refractivity contribution is -0.120. The van der Waals surface area contributed by atoms with Gasteiger partial charge in [-0.05, 0) is 25.5 Å². The highest BCUT2D eigenvalue weighted by Gasteiger charge is 2.18. The van der Waals surface area contributed by atoms with Gasteiger partial charge in [-0.15, -0.1) is 0 Å². The maximum atomic E-state index is 11.6. The van der Waals surface area contributed by atoms with Gasteiger partial charge in [0, 0.05) is 12.4 Å². The van der Waals surface area contributed by atoms with Crippen LogP contribution >= 0.6 is 0 Å². The number of rotatable bonds is 6. The Morgan fingerprint density at radius 2 is 2.25 bits per heavy atom. The standard InChI is InChI=1S/C10H16N4O2/c11-4-1-2-8(9(12)15)14-10(16)7-3-5-13-6-7/h3,5-6,8,13H,1-2,4,11H2,(H2,12,15)(H,14,16)/t8-/m0/s1. The Labute approximate surface area is 93.4 Å². The molecule has 6 N–H and O–H groups in total. The van der Waals surface area contributed by atoms with Gasteiger partial charge in [-0.1, -0.05) is 0 Å². The highest BCUT2D eigenvalue weighted by Crippen LogP contribution is 2.00. The SMILES string of the molecule is NCCC[C@H](NC(=O)c1cc[nH]c1)C(N)=O. The van der Waals surface area contributed by atoms with E-state index in [1.54, 1.807) is 18.5 Å². The summed E-state index contributed by atoms with van der Waals surface area (Å²) < 4.78 is 0. The molecule has 0 aliphatic heterocycles. The van der Waals surface area contributed by atoms with Crippen LogP contribution in [0.25, 0.3) is 0 Å². The van der Waals surface area contributed by atoms with Gasteiger partial charge in [-0.25, -0.2) is 0 Å². The number of aromatic amines is 1. The molecule has 6 heteroatoms. The van der Waals surface area contributed by atoms with Crippen LogP contribution < -0.4 is 16.8 Å². The second kappa shape index (κ2) is 5.92. The molecule has 1 heterocycles. The summed E-state index contributed by atoms with van der Waals surface area (Å²) in [5, 5.41) is 2.56. The number of amides is 2. The zero-order valence-electron chi connectivity index (χ0n) is 8.90. The first-order chi connectivity index (χ1) is 7.65. The van der Waals surface area contributed by atoms with E-state index < -0.39 is 11.9 Å². The summed E-state index contributed by atoms with van der Waals surface area (Å²) in [4.78, 5) is 25.4. The molecule has 0 aliphatic rings. The fraction of sp³-hybridized carbons (Fsp3) is 0.400. The van der Waals surface area contributed by atoms with E-state index in [9.17, 15) is 9.59 Å². The van der Waals surface area contributed by atoms with E-state index in [1.165, 1.54) is 0 Å². The minimum Gasteiger partial charge on any atom is -0.368 e. The summed E-state index contributed by atoms with van der Waals surface area (Å²) in [5.74, 6) is -0.862. The third-order valence-corrected chi connectivity index (χ3v) is 2.21. The Bertz CT molecular complexity index is 348. The summed E-state index contributed by atoms with van der Waals surface area (Å²) in [5.41, 5.74) is 11.0. The molecule has 0 saturated carbocycles. The number of carbonyl (C=O) groups is 2. The topological polar surface area (TPSA) is 114 Å². The van der Waals surface area contributed by atoms with Crippen molar-refractivity contribution >= 4 is 11.8 Å². The van der Waals surface area contributed by atoms with E-state index in [0.29, 0.717) is 24.9 Å². The van der Waals surface area contributed by atoms with Crippen molar-refractivity contribution < 1.29 is 9.59 Å². The van der Waals surface area contributed by atoms with Gasteiger partial charge < -0.3 is 21.8 Å². The molecule has 88 valence electrons. The van der Waals surface area contributed by atoms with Gasteiger partial charge in [0.15, 0.2) is 0 Å². The highest BCUT2D eigenvalue weighted by molar-refractivity contribution is 5.97. The second-order valence-electron chi connectivity index (χ2n) is 3.46. The molecule has 0 unspecified atom stereocenters. The summed E-state index contributed by atoms with van der Waals surface area (Å²) in [6.07, 6.45) is 4.29. The zero-order valence-corrected chi connectivity index (χ0v) is 8.90.